The Morgan fingerprint density at radius 2 is 1.52 bits per heavy atom. The van der Waals surface area contributed by atoms with Gasteiger partial charge in [-0.05, 0) is 61.4 Å². The number of likely N-dealkylation sites (tertiary alicyclic amines) is 1. The second-order valence-electron chi connectivity index (χ2n) is 9.99. The molecule has 1 aliphatic carbocycles. The zero-order valence-corrected chi connectivity index (χ0v) is 19.4. The summed E-state index contributed by atoms with van der Waals surface area (Å²) in [5.41, 5.74) is 4.49. The van der Waals surface area contributed by atoms with Crippen LogP contribution in [0.4, 0.5) is 10.5 Å². The third kappa shape index (κ3) is 3.43. The molecule has 0 aromatic heterocycles. The van der Waals surface area contributed by atoms with Crippen LogP contribution < -0.4 is 4.90 Å². The van der Waals surface area contributed by atoms with Crippen LogP contribution in [0.3, 0.4) is 0 Å². The first-order valence-electron chi connectivity index (χ1n) is 12.4. The molecule has 0 unspecified atom stereocenters. The van der Waals surface area contributed by atoms with Gasteiger partial charge in [0, 0.05) is 51.0 Å². The molecule has 0 radical (unpaired) electrons. The van der Waals surface area contributed by atoms with E-state index < -0.39 is 5.54 Å². The third-order valence-electron chi connectivity index (χ3n) is 8.12. The maximum atomic E-state index is 13.8. The largest absolute Gasteiger partial charge is 0.368 e. The van der Waals surface area contributed by atoms with Crippen LogP contribution in [0, 0.1) is 0 Å². The summed E-state index contributed by atoms with van der Waals surface area (Å²) in [6.07, 6.45) is 2.99. The third-order valence-corrected chi connectivity index (χ3v) is 8.12. The van der Waals surface area contributed by atoms with Crippen LogP contribution in [0.1, 0.15) is 36.5 Å². The molecule has 3 fully saturated rings. The number of rotatable bonds is 5. The normalized spacial score (nSPS) is 22.5. The first kappa shape index (κ1) is 20.7. The van der Waals surface area contributed by atoms with Crippen molar-refractivity contribution in [1.82, 2.24) is 14.7 Å². The zero-order chi connectivity index (χ0) is 22.6. The number of piperidine rings is 1. The van der Waals surface area contributed by atoms with Gasteiger partial charge in [0.15, 0.2) is 0 Å². The Morgan fingerprint density at radius 1 is 0.879 bits per heavy atom. The molecule has 0 saturated carbocycles. The predicted octanol–water partition coefficient (Wildman–Crippen LogP) is 3.29. The van der Waals surface area contributed by atoms with Gasteiger partial charge in [0.25, 0.3) is 5.91 Å². The highest BCUT2D eigenvalue weighted by Gasteiger charge is 2.59. The lowest BCUT2D eigenvalue weighted by atomic mass is 9.85. The van der Waals surface area contributed by atoms with E-state index in [4.69, 9.17) is 0 Å². The molecule has 0 bridgehead atoms. The number of benzene rings is 2. The van der Waals surface area contributed by atoms with Gasteiger partial charge in [-0.2, -0.15) is 0 Å². The topological polar surface area (TPSA) is 46.9 Å². The van der Waals surface area contributed by atoms with Crippen molar-refractivity contribution in [1.29, 1.82) is 0 Å². The molecule has 6 heteroatoms. The lowest BCUT2D eigenvalue weighted by Crippen LogP contribution is -2.56. The van der Waals surface area contributed by atoms with E-state index in [-0.39, 0.29) is 18.0 Å². The fraction of sp³-hybridized carbons (Fsp3) is 0.481. The summed E-state index contributed by atoms with van der Waals surface area (Å²) in [6, 6.07) is 17.1. The molecule has 4 aliphatic rings. The average molecular weight is 445 g/mol. The van der Waals surface area contributed by atoms with Gasteiger partial charge in [0.2, 0.25) is 0 Å². The van der Waals surface area contributed by atoms with E-state index in [0.717, 1.165) is 45.6 Å². The van der Waals surface area contributed by atoms with Crippen molar-refractivity contribution in [3.63, 3.8) is 0 Å². The van der Waals surface area contributed by atoms with Gasteiger partial charge in [0.05, 0.1) is 0 Å². The molecule has 6 nitrogen and oxygen atoms in total. The number of imide groups is 1. The highest BCUT2D eigenvalue weighted by molar-refractivity contribution is 6.07. The molecule has 3 aliphatic heterocycles. The Hall–Kier alpha value is -2.86. The zero-order valence-electron chi connectivity index (χ0n) is 19.4. The Kier molecular flexibility index (Phi) is 4.94. The number of fused-ring (bicyclic) bond motifs is 1. The van der Waals surface area contributed by atoms with Crippen LogP contribution in [-0.4, -0.2) is 70.9 Å². The number of carbonyl (C=O) groups is 2. The van der Waals surface area contributed by atoms with Gasteiger partial charge >= 0.3 is 6.03 Å². The molecular weight excluding hydrogens is 412 g/mol. The molecule has 3 saturated heterocycles. The molecule has 0 N–H and O–H groups in total. The van der Waals surface area contributed by atoms with Crippen LogP contribution >= 0.6 is 0 Å². The highest BCUT2D eigenvalue weighted by atomic mass is 16.2. The predicted molar refractivity (Wildman–Crippen MR) is 128 cm³/mol. The minimum atomic E-state index is -0.666. The monoisotopic (exact) mass is 444 g/mol. The lowest BCUT2D eigenvalue weighted by Gasteiger charge is -2.42. The molecule has 33 heavy (non-hydrogen) atoms. The van der Waals surface area contributed by atoms with Crippen molar-refractivity contribution in [3.05, 3.63) is 65.2 Å². The van der Waals surface area contributed by atoms with Crippen LogP contribution in [0.15, 0.2) is 48.5 Å². The second kappa shape index (κ2) is 7.87. The van der Waals surface area contributed by atoms with Gasteiger partial charge in [0.1, 0.15) is 5.54 Å². The van der Waals surface area contributed by atoms with Crippen molar-refractivity contribution in [3.8, 4) is 0 Å². The number of hydrogen-bond acceptors (Lipinski definition) is 4. The molecule has 1 spiro atoms. The molecule has 172 valence electrons. The van der Waals surface area contributed by atoms with Gasteiger partial charge in [-0.1, -0.05) is 36.4 Å². The van der Waals surface area contributed by atoms with Gasteiger partial charge in [-0.3, -0.25) is 14.6 Å². The number of carbonyl (C=O) groups excluding carboxylic acids is 2. The molecule has 0 atom stereocenters. The molecular formula is C27H32N4O2. The molecule has 3 heterocycles. The van der Waals surface area contributed by atoms with E-state index in [0.29, 0.717) is 19.4 Å². The highest BCUT2D eigenvalue weighted by Crippen LogP contribution is 2.40. The number of hydrogen-bond donors (Lipinski definition) is 0. The second-order valence-corrected chi connectivity index (χ2v) is 9.99. The van der Waals surface area contributed by atoms with Crippen LogP contribution in [-0.2, 0) is 24.2 Å². The van der Waals surface area contributed by atoms with E-state index >= 15 is 0 Å². The van der Waals surface area contributed by atoms with E-state index in [9.17, 15) is 9.59 Å². The standard InChI is InChI=1S/C27H32N4O2/c1-2-30-26(33)31(24-17-21-5-3-4-6-22(21)18-24)25(32)27(30)11-13-28(14-12-27)19-20-7-9-23(10-8-20)29-15-16-29/h3-10,24H,2,11-19H2,1H3. The van der Waals surface area contributed by atoms with E-state index in [1.165, 1.54) is 22.4 Å². The summed E-state index contributed by atoms with van der Waals surface area (Å²) in [7, 11) is 0. The van der Waals surface area contributed by atoms with Crippen molar-refractivity contribution in [2.45, 2.75) is 50.7 Å². The SMILES string of the molecule is CCN1C(=O)N(C2Cc3ccccc3C2)C(=O)C12CCN(Cc1ccc(N3CC3)cc1)CC2. The van der Waals surface area contributed by atoms with Crippen molar-refractivity contribution in [2.75, 3.05) is 37.6 Å². The van der Waals surface area contributed by atoms with Crippen molar-refractivity contribution >= 4 is 17.6 Å². The van der Waals surface area contributed by atoms with E-state index in [1.807, 2.05) is 24.0 Å². The summed E-state index contributed by atoms with van der Waals surface area (Å²) in [5.74, 6) is 0.0367. The van der Waals surface area contributed by atoms with Crippen molar-refractivity contribution in [2.24, 2.45) is 0 Å². The summed E-state index contributed by atoms with van der Waals surface area (Å²) in [4.78, 5) is 35.5. The summed E-state index contributed by atoms with van der Waals surface area (Å²) < 4.78 is 0. The maximum Gasteiger partial charge on any atom is 0.327 e. The first-order chi connectivity index (χ1) is 16.1. The maximum absolute atomic E-state index is 13.8. The molecule has 3 amide bonds. The Morgan fingerprint density at radius 3 is 2.09 bits per heavy atom. The molecule has 2 aromatic carbocycles. The number of nitrogens with zero attached hydrogens (tertiary/aromatic N) is 4. The lowest BCUT2D eigenvalue weighted by molar-refractivity contribution is -0.137. The van der Waals surface area contributed by atoms with Crippen LogP contribution in [0.5, 0.6) is 0 Å². The number of likely N-dealkylation sites (N-methyl/N-ethyl adjacent to an activating group) is 1. The molecule has 2 aromatic rings. The average Bonchev–Trinajstić information content (AvgIpc) is 3.56. The number of urea groups is 1. The summed E-state index contributed by atoms with van der Waals surface area (Å²) >= 11 is 0. The Labute approximate surface area is 195 Å². The molecule has 6 rings (SSSR count). The Bertz CT molecular complexity index is 1040. The van der Waals surface area contributed by atoms with E-state index in [1.54, 1.807) is 4.90 Å². The van der Waals surface area contributed by atoms with Crippen LogP contribution in [0.2, 0.25) is 0 Å². The summed E-state index contributed by atoms with van der Waals surface area (Å²) in [6.45, 7) is 7.48. The quantitative estimate of drug-likeness (QED) is 0.525. The smallest absolute Gasteiger partial charge is 0.327 e. The minimum absolute atomic E-state index is 0.0367. The van der Waals surface area contributed by atoms with Crippen LogP contribution in [0.25, 0.3) is 0 Å². The van der Waals surface area contributed by atoms with Crippen molar-refractivity contribution < 1.29 is 9.59 Å². The fourth-order valence-electron chi connectivity index (χ4n) is 6.16. The van der Waals surface area contributed by atoms with Gasteiger partial charge < -0.3 is 9.80 Å². The first-order valence-corrected chi connectivity index (χ1v) is 12.4. The number of anilines is 1. The Balaban J connectivity index is 1.15. The number of amides is 3. The van der Waals surface area contributed by atoms with Gasteiger partial charge in [-0.15, -0.1) is 0 Å². The minimum Gasteiger partial charge on any atom is -0.368 e. The van der Waals surface area contributed by atoms with Gasteiger partial charge in [-0.25, -0.2) is 4.79 Å². The summed E-state index contributed by atoms with van der Waals surface area (Å²) in [5, 5.41) is 0. The van der Waals surface area contributed by atoms with E-state index in [2.05, 4.69) is 46.2 Å². The fourth-order valence-corrected chi connectivity index (χ4v) is 6.16.